The normalized spacial score (nSPS) is 15.2. The molecule has 1 atom stereocenters. The largest absolute Gasteiger partial charge is 0.497 e. The van der Waals surface area contributed by atoms with Crippen LogP contribution in [0.3, 0.4) is 0 Å². The van der Waals surface area contributed by atoms with E-state index in [1.165, 1.54) is 26.0 Å². The van der Waals surface area contributed by atoms with Gasteiger partial charge < -0.3 is 9.47 Å². The molecule has 0 saturated heterocycles. The Bertz CT molecular complexity index is 1120. The van der Waals surface area contributed by atoms with Crippen molar-refractivity contribution in [3.05, 3.63) is 76.6 Å². The minimum atomic E-state index is -0.394. The number of aryl methyl sites for hydroxylation is 1. The zero-order valence-electron chi connectivity index (χ0n) is 17.6. The number of nitrogens with one attached hydrogen (secondary N) is 1. The van der Waals surface area contributed by atoms with Crippen molar-refractivity contribution >= 4 is 17.6 Å². The van der Waals surface area contributed by atoms with Gasteiger partial charge in [0.05, 0.1) is 25.5 Å². The topological polar surface area (TPSA) is 90.4 Å². The molecule has 31 heavy (non-hydrogen) atoms. The van der Waals surface area contributed by atoms with E-state index < -0.39 is 5.91 Å². The van der Waals surface area contributed by atoms with Gasteiger partial charge in [-0.2, -0.15) is 0 Å². The lowest BCUT2D eigenvalue weighted by molar-refractivity contribution is 0.0962. The van der Waals surface area contributed by atoms with Gasteiger partial charge in [-0.05, 0) is 37.0 Å². The van der Waals surface area contributed by atoms with Crippen molar-refractivity contribution in [2.75, 3.05) is 19.5 Å². The second-order valence-corrected chi connectivity index (χ2v) is 7.55. The number of methoxy groups -OCH3 is 2. The number of nitrogens with zero attached hydrogens (tertiary/aromatic N) is 2. The maximum absolute atomic E-state index is 12.7. The summed E-state index contributed by atoms with van der Waals surface area (Å²) in [5, 5.41) is 2.70. The Morgan fingerprint density at radius 3 is 2.35 bits per heavy atom. The maximum Gasteiger partial charge on any atom is 0.258 e. The lowest BCUT2D eigenvalue weighted by Crippen LogP contribution is -2.22. The molecule has 0 fully saturated rings. The van der Waals surface area contributed by atoms with Gasteiger partial charge in [0, 0.05) is 24.2 Å². The Morgan fingerprint density at radius 2 is 1.71 bits per heavy atom. The molecular weight excluding hydrogens is 394 g/mol. The summed E-state index contributed by atoms with van der Waals surface area (Å²) in [5.74, 6) is 0.839. The number of benzene rings is 2. The highest BCUT2D eigenvalue weighted by Crippen LogP contribution is 2.32. The summed E-state index contributed by atoms with van der Waals surface area (Å²) in [5.41, 5.74) is 3.80. The summed E-state index contributed by atoms with van der Waals surface area (Å²) in [6.07, 6.45) is 2.54. The molecule has 3 aromatic rings. The second-order valence-electron chi connectivity index (χ2n) is 7.55. The highest BCUT2D eigenvalue weighted by molar-refractivity contribution is 6.04. The van der Waals surface area contributed by atoms with E-state index in [9.17, 15) is 9.59 Å². The number of anilines is 1. The van der Waals surface area contributed by atoms with Crippen molar-refractivity contribution in [1.29, 1.82) is 0 Å². The van der Waals surface area contributed by atoms with Gasteiger partial charge in [-0.25, -0.2) is 9.97 Å². The number of carbonyl (C=O) groups is 2. The number of fused-ring (bicyclic) bond motifs is 1. The first-order chi connectivity index (χ1) is 15.0. The molecule has 0 spiro atoms. The Morgan fingerprint density at radius 1 is 1.03 bits per heavy atom. The molecule has 0 unspecified atom stereocenters. The van der Waals surface area contributed by atoms with Gasteiger partial charge in [0.1, 0.15) is 11.5 Å². The minimum absolute atomic E-state index is 0.0160. The molecule has 1 aliphatic rings. The molecule has 0 bridgehead atoms. The fraction of sp³-hybridized carbons (Fsp3) is 0.250. The van der Waals surface area contributed by atoms with E-state index in [2.05, 4.69) is 27.4 Å². The molecule has 0 aliphatic heterocycles. The molecule has 0 radical (unpaired) electrons. The first-order valence-corrected chi connectivity index (χ1v) is 9.97. The molecule has 1 aliphatic carbocycles. The van der Waals surface area contributed by atoms with Gasteiger partial charge in [-0.3, -0.25) is 14.9 Å². The van der Waals surface area contributed by atoms with Crippen molar-refractivity contribution in [2.24, 2.45) is 0 Å². The van der Waals surface area contributed by atoms with Crippen LogP contribution in [0.2, 0.25) is 0 Å². The van der Waals surface area contributed by atoms with E-state index in [1.54, 1.807) is 18.2 Å². The lowest BCUT2D eigenvalue weighted by Gasteiger charge is -2.23. The lowest BCUT2D eigenvalue weighted by atomic mass is 9.82. The Hall–Kier alpha value is -3.74. The van der Waals surface area contributed by atoms with E-state index in [-0.39, 0.29) is 17.6 Å². The molecule has 4 rings (SSSR count). The van der Waals surface area contributed by atoms with Crippen LogP contribution in [0.4, 0.5) is 5.95 Å². The number of Topliss-reactive ketones (excluding diaryl/α,β-unsaturated/α-hetero) is 1. The summed E-state index contributed by atoms with van der Waals surface area (Å²) < 4.78 is 10.4. The van der Waals surface area contributed by atoms with Gasteiger partial charge in [0.15, 0.2) is 5.78 Å². The third kappa shape index (κ3) is 4.40. The van der Waals surface area contributed by atoms with Gasteiger partial charge in [-0.1, -0.05) is 29.8 Å². The fourth-order valence-electron chi connectivity index (χ4n) is 3.69. The predicted molar refractivity (Wildman–Crippen MR) is 116 cm³/mol. The second kappa shape index (κ2) is 8.55. The molecule has 2 aromatic carbocycles. The van der Waals surface area contributed by atoms with E-state index in [0.717, 1.165) is 5.56 Å². The van der Waals surface area contributed by atoms with Crippen LogP contribution in [0.5, 0.6) is 11.5 Å². The minimum Gasteiger partial charge on any atom is -0.497 e. The fourth-order valence-corrected chi connectivity index (χ4v) is 3.69. The quantitative estimate of drug-likeness (QED) is 0.676. The zero-order chi connectivity index (χ0) is 22.0. The smallest absolute Gasteiger partial charge is 0.258 e. The van der Waals surface area contributed by atoms with Crippen molar-refractivity contribution in [2.45, 2.75) is 25.7 Å². The maximum atomic E-state index is 12.7. The first-order valence-electron chi connectivity index (χ1n) is 9.97. The average Bonchev–Trinajstić information content (AvgIpc) is 2.78. The predicted octanol–water partition coefficient (Wildman–Crippen LogP) is 3.97. The average molecular weight is 417 g/mol. The number of ketones is 1. The number of rotatable bonds is 5. The molecule has 1 aromatic heterocycles. The SMILES string of the molecule is COc1cc(OC)cc(C(=O)Nc2ncc3c(n2)C[C@@H](c2ccc(C)cc2)CC3=O)c1. The third-order valence-electron chi connectivity index (χ3n) is 5.43. The highest BCUT2D eigenvalue weighted by Gasteiger charge is 2.28. The van der Waals surface area contributed by atoms with Crippen LogP contribution in [-0.2, 0) is 6.42 Å². The Labute approximate surface area is 180 Å². The van der Waals surface area contributed by atoms with E-state index >= 15 is 0 Å². The summed E-state index contributed by atoms with van der Waals surface area (Å²) in [7, 11) is 3.04. The molecule has 1 heterocycles. The summed E-state index contributed by atoms with van der Waals surface area (Å²) in [6, 6.07) is 13.1. The number of carbonyl (C=O) groups excluding carboxylic acids is 2. The number of aromatic nitrogens is 2. The molecule has 1 N–H and O–H groups in total. The van der Waals surface area contributed by atoms with Crippen LogP contribution in [0, 0.1) is 6.92 Å². The summed E-state index contributed by atoms with van der Waals surface area (Å²) in [4.78, 5) is 34.0. The van der Waals surface area contributed by atoms with E-state index in [0.29, 0.717) is 41.2 Å². The van der Waals surface area contributed by atoms with Crippen molar-refractivity contribution in [1.82, 2.24) is 9.97 Å². The summed E-state index contributed by atoms with van der Waals surface area (Å²) >= 11 is 0. The van der Waals surface area contributed by atoms with Gasteiger partial charge in [0.25, 0.3) is 5.91 Å². The van der Waals surface area contributed by atoms with Gasteiger partial charge >= 0.3 is 0 Å². The van der Waals surface area contributed by atoms with Crippen molar-refractivity contribution in [3.8, 4) is 11.5 Å². The van der Waals surface area contributed by atoms with Gasteiger partial charge in [-0.15, -0.1) is 0 Å². The van der Waals surface area contributed by atoms with E-state index in [1.807, 2.05) is 19.1 Å². The Kier molecular flexibility index (Phi) is 5.66. The Balaban J connectivity index is 1.57. The highest BCUT2D eigenvalue weighted by atomic mass is 16.5. The third-order valence-corrected chi connectivity index (χ3v) is 5.43. The standard InChI is InChI=1S/C24H23N3O4/c1-14-4-6-15(7-5-14)16-10-21-20(22(28)11-16)13-25-24(26-21)27-23(29)17-8-18(30-2)12-19(9-17)31-3/h4-9,12-13,16H,10-11H2,1-3H3,(H,25,26,27,29)/t16-/m1/s1. The molecule has 158 valence electrons. The van der Waals surface area contributed by atoms with E-state index in [4.69, 9.17) is 9.47 Å². The van der Waals surface area contributed by atoms with Crippen LogP contribution in [0.1, 0.15) is 49.9 Å². The summed E-state index contributed by atoms with van der Waals surface area (Å²) in [6.45, 7) is 2.03. The molecule has 1 amide bonds. The number of amides is 1. The molecule has 7 heteroatoms. The molecule has 7 nitrogen and oxygen atoms in total. The molecular formula is C24H23N3O4. The van der Waals surface area contributed by atoms with Crippen LogP contribution >= 0.6 is 0 Å². The number of hydrogen-bond acceptors (Lipinski definition) is 6. The van der Waals surface area contributed by atoms with Crippen LogP contribution < -0.4 is 14.8 Å². The first kappa shape index (κ1) is 20.5. The number of hydrogen-bond donors (Lipinski definition) is 1. The number of ether oxygens (including phenoxy) is 2. The van der Waals surface area contributed by atoms with Crippen molar-refractivity contribution in [3.63, 3.8) is 0 Å². The molecule has 0 saturated carbocycles. The van der Waals surface area contributed by atoms with Crippen LogP contribution in [-0.4, -0.2) is 35.9 Å². The van der Waals surface area contributed by atoms with Crippen LogP contribution in [0.25, 0.3) is 0 Å². The van der Waals surface area contributed by atoms with Crippen LogP contribution in [0.15, 0.2) is 48.7 Å². The van der Waals surface area contributed by atoms with Gasteiger partial charge in [0.2, 0.25) is 5.95 Å². The zero-order valence-corrected chi connectivity index (χ0v) is 17.6. The monoisotopic (exact) mass is 417 g/mol. The van der Waals surface area contributed by atoms with Crippen molar-refractivity contribution < 1.29 is 19.1 Å².